The number of nitrogens with zero attached hydrogens (tertiary/aromatic N) is 1. The van der Waals surface area contributed by atoms with E-state index in [0.29, 0.717) is 6.42 Å². The lowest BCUT2D eigenvalue weighted by atomic mass is 10.2. The number of hydrogen-bond acceptors (Lipinski definition) is 3. The highest BCUT2D eigenvalue weighted by Crippen LogP contribution is 2.05. The molecule has 0 amide bonds. The largest absolute Gasteiger partial charge is 0.399 e. The molecule has 0 bridgehead atoms. The Morgan fingerprint density at radius 1 is 1.80 bits per heavy atom. The van der Waals surface area contributed by atoms with Crippen molar-refractivity contribution in [3.8, 4) is 0 Å². The SMILES string of the molecule is CCCC/C(=C\N)[N+](=O)[O-]. The van der Waals surface area contributed by atoms with E-state index < -0.39 is 4.92 Å². The molecule has 0 aliphatic heterocycles. The second-order valence-electron chi connectivity index (χ2n) is 2.02. The summed E-state index contributed by atoms with van der Waals surface area (Å²) >= 11 is 0. The molecule has 0 aromatic carbocycles. The number of hydrogen-bond donors (Lipinski definition) is 1. The van der Waals surface area contributed by atoms with Crippen LogP contribution in [0.25, 0.3) is 0 Å². The first kappa shape index (κ1) is 8.94. The standard InChI is InChI=1S/C6H12N2O2/c1-2-3-4-6(5-7)8(9)10/h5H,2-4,7H2,1H3/b6-5+. The normalized spacial score (nSPS) is 11.5. The number of rotatable bonds is 4. The van der Waals surface area contributed by atoms with Crippen molar-refractivity contribution in [2.75, 3.05) is 0 Å². The average molecular weight is 144 g/mol. The molecule has 0 aliphatic rings. The molecule has 0 radical (unpaired) electrons. The van der Waals surface area contributed by atoms with Crippen molar-refractivity contribution in [3.05, 3.63) is 22.0 Å². The van der Waals surface area contributed by atoms with Crippen LogP contribution >= 0.6 is 0 Å². The summed E-state index contributed by atoms with van der Waals surface area (Å²) in [5, 5.41) is 10.1. The van der Waals surface area contributed by atoms with E-state index in [9.17, 15) is 10.1 Å². The van der Waals surface area contributed by atoms with Gasteiger partial charge in [-0.15, -0.1) is 0 Å². The lowest BCUT2D eigenvalue weighted by molar-refractivity contribution is -0.428. The maximum atomic E-state index is 10.1. The molecular weight excluding hydrogens is 132 g/mol. The van der Waals surface area contributed by atoms with Gasteiger partial charge in [-0.25, -0.2) is 0 Å². The fourth-order valence-electron chi connectivity index (χ4n) is 0.593. The van der Waals surface area contributed by atoms with E-state index in [1.54, 1.807) is 0 Å². The van der Waals surface area contributed by atoms with Crippen LogP contribution in [-0.2, 0) is 0 Å². The zero-order chi connectivity index (χ0) is 7.98. The van der Waals surface area contributed by atoms with Gasteiger partial charge in [0.1, 0.15) is 0 Å². The van der Waals surface area contributed by atoms with E-state index in [1.807, 2.05) is 6.92 Å². The molecule has 0 saturated carbocycles. The summed E-state index contributed by atoms with van der Waals surface area (Å²) in [4.78, 5) is 9.66. The molecule has 4 heteroatoms. The van der Waals surface area contributed by atoms with Crippen LogP contribution in [0, 0.1) is 10.1 Å². The van der Waals surface area contributed by atoms with Gasteiger partial charge < -0.3 is 5.73 Å². The zero-order valence-electron chi connectivity index (χ0n) is 6.04. The Hall–Kier alpha value is -1.06. The summed E-state index contributed by atoms with van der Waals surface area (Å²) in [5.41, 5.74) is 5.12. The van der Waals surface area contributed by atoms with Crippen molar-refractivity contribution < 1.29 is 4.92 Å². The average Bonchev–Trinajstić information content (AvgIpc) is 1.89. The molecule has 0 rings (SSSR count). The highest BCUT2D eigenvalue weighted by molar-refractivity contribution is 4.86. The van der Waals surface area contributed by atoms with E-state index in [2.05, 4.69) is 0 Å². The highest BCUT2D eigenvalue weighted by atomic mass is 16.6. The van der Waals surface area contributed by atoms with Gasteiger partial charge in [0.05, 0.1) is 11.1 Å². The van der Waals surface area contributed by atoms with Crippen molar-refractivity contribution in [1.82, 2.24) is 0 Å². The first-order chi connectivity index (χ1) is 4.72. The molecular formula is C6H12N2O2. The summed E-state index contributed by atoms with van der Waals surface area (Å²) in [6.07, 6.45) is 3.31. The van der Waals surface area contributed by atoms with Gasteiger partial charge >= 0.3 is 0 Å². The van der Waals surface area contributed by atoms with Crippen LogP contribution in [0.2, 0.25) is 0 Å². The predicted molar refractivity (Wildman–Crippen MR) is 38.8 cm³/mol. The Kier molecular flexibility index (Phi) is 4.28. The molecule has 4 nitrogen and oxygen atoms in total. The van der Waals surface area contributed by atoms with Crippen LogP contribution in [0.4, 0.5) is 0 Å². The maximum absolute atomic E-state index is 10.1. The van der Waals surface area contributed by atoms with Gasteiger partial charge in [0.25, 0.3) is 5.70 Å². The fourth-order valence-corrected chi connectivity index (χ4v) is 0.593. The van der Waals surface area contributed by atoms with Gasteiger partial charge in [-0.05, 0) is 6.42 Å². The van der Waals surface area contributed by atoms with Crippen LogP contribution in [0.1, 0.15) is 26.2 Å². The summed E-state index contributed by atoms with van der Waals surface area (Å²) in [6, 6.07) is 0. The molecule has 0 aliphatic carbocycles. The minimum absolute atomic E-state index is 0.113. The van der Waals surface area contributed by atoms with Crippen molar-refractivity contribution >= 4 is 0 Å². The minimum Gasteiger partial charge on any atom is -0.399 e. The molecule has 0 fully saturated rings. The number of allylic oxidation sites excluding steroid dienone is 1. The summed E-state index contributed by atoms with van der Waals surface area (Å²) < 4.78 is 0. The molecule has 0 saturated heterocycles. The minimum atomic E-state index is -0.435. The number of unbranched alkanes of at least 4 members (excludes halogenated alkanes) is 1. The van der Waals surface area contributed by atoms with Crippen molar-refractivity contribution in [3.63, 3.8) is 0 Å². The highest BCUT2D eigenvalue weighted by Gasteiger charge is 2.06. The van der Waals surface area contributed by atoms with E-state index in [-0.39, 0.29) is 5.70 Å². The van der Waals surface area contributed by atoms with Crippen LogP contribution in [0.5, 0.6) is 0 Å². The summed E-state index contributed by atoms with van der Waals surface area (Å²) in [6.45, 7) is 1.98. The van der Waals surface area contributed by atoms with Gasteiger partial charge in [0, 0.05) is 6.42 Å². The van der Waals surface area contributed by atoms with E-state index >= 15 is 0 Å². The Morgan fingerprint density at radius 3 is 2.70 bits per heavy atom. The van der Waals surface area contributed by atoms with Crippen LogP contribution in [-0.4, -0.2) is 4.92 Å². The smallest absolute Gasteiger partial charge is 0.261 e. The molecule has 2 N–H and O–H groups in total. The second kappa shape index (κ2) is 4.78. The molecule has 0 atom stereocenters. The van der Waals surface area contributed by atoms with Gasteiger partial charge in [-0.1, -0.05) is 13.3 Å². The molecule has 0 heterocycles. The number of nitrogens with two attached hydrogens (primary N) is 1. The monoisotopic (exact) mass is 144 g/mol. The lowest BCUT2D eigenvalue weighted by Gasteiger charge is -1.93. The molecule has 0 aromatic rings. The third-order valence-electron chi connectivity index (χ3n) is 1.21. The molecule has 0 unspecified atom stereocenters. The van der Waals surface area contributed by atoms with E-state index in [4.69, 9.17) is 5.73 Å². The summed E-state index contributed by atoms with van der Waals surface area (Å²) in [7, 11) is 0. The molecule has 10 heavy (non-hydrogen) atoms. The Balaban J connectivity index is 3.74. The topological polar surface area (TPSA) is 69.2 Å². The molecule has 0 spiro atoms. The first-order valence-corrected chi connectivity index (χ1v) is 3.27. The van der Waals surface area contributed by atoms with Crippen molar-refractivity contribution in [1.29, 1.82) is 0 Å². The molecule has 0 aromatic heterocycles. The fraction of sp³-hybridized carbons (Fsp3) is 0.667. The third-order valence-corrected chi connectivity index (χ3v) is 1.21. The predicted octanol–water partition coefficient (Wildman–Crippen LogP) is 1.25. The van der Waals surface area contributed by atoms with Gasteiger partial charge in [0.15, 0.2) is 0 Å². The first-order valence-electron chi connectivity index (χ1n) is 3.27. The van der Waals surface area contributed by atoms with Crippen molar-refractivity contribution in [2.24, 2.45) is 5.73 Å². The second-order valence-corrected chi connectivity index (χ2v) is 2.02. The van der Waals surface area contributed by atoms with Crippen LogP contribution in [0.3, 0.4) is 0 Å². The van der Waals surface area contributed by atoms with E-state index in [1.165, 1.54) is 0 Å². The van der Waals surface area contributed by atoms with Crippen molar-refractivity contribution in [2.45, 2.75) is 26.2 Å². The Bertz CT molecular complexity index is 143. The van der Waals surface area contributed by atoms with Gasteiger partial charge in [-0.3, -0.25) is 10.1 Å². The zero-order valence-corrected chi connectivity index (χ0v) is 6.04. The molecule has 58 valence electrons. The van der Waals surface area contributed by atoms with Gasteiger partial charge in [0.2, 0.25) is 0 Å². The maximum Gasteiger partial charge on any atom is 0.261 e. The third kappa shape index (κ3) is 3.06. The lowest BCUT2D eigenvalue weighted by Crippen LogP contribution is -2.01. The summed E-state index contributed by atoms with van der Waals surface area (Å²) in [5.74, 6) is 0. The van der Waals surface area contributed by atoms with E-state index in [0.717, 1.165) is 19.0 Å². The van der Waals surface area contributed by atoms with Crippen LogP contribution in [0.15, 0.2) is 11.9 Å². The van der Waals surface area contributed by atoms with Gasteiger partial charge in [-0.2, -0.15) is 0 Å². The van der Waals surface area contributed by atoms with Crippen LogP contribution < -0.4 is 5.73 Å². The Morgan fingerprint density at radius 2 is 2.40 bits per heavy atom. The quantitative estimate of drug-likeness (QED) is 0.477. The number of nitro groups is 1. The Labute approximate surface area is 59.9 Å².